The molecule has 118 valence electrons. The van der Waals surface area contributed by atoms with Crippen LogP contribution in [0.1, 0.15) is 47.8 Å². The fourth-order valence-corrected chi connectivity index (χ4v) is 3.44. The molecule has 1 atom stereocenters. The fourth-order valence-electron chi connectivity index (χ4n) is 2.81. The minimum Gasteiger partial charge on any atom is -0.343 e. The Bertz CT molecular complexity index is 605. The number of nitrogens with zero attached hydrogens (tertiary/aromatic N) is 2. The number of carbonyl (C=O) groups excluding carboxylic acids is 1. The van der Waals surface area contributed by atoms with Crippen LogP contribution in [0, 0.1) is 5.92 Å². The quantitative estimate of drug-likeness (QED) is 0.906. The van der Waals surface area contributed by atoms with E-state index < -0.39 is 12.0 Å². The maximum absolute atomic E-state index is 13.3. The SMILES string of the molecule is O=C(NC(c1cn[nH]n1)C1CCC(F)(F)CC1)c1ccsc1. The number of halogens is 2. The van der Waals surface area contributed by atoms with Crippen molar-refractivity contribution < 1.29 is 13.6 Å². The number of aromatic nitrogens is 3. The smallest absolute Gasteiger partial charge is 0.252 e. The Kier molecular flexibility index (Phi) is 4.19. The number of H-pyrrole nitrogens is 1. The van der Waals surface area contributed by atoms with Gasteiger partial charge in [0.05, 0.1) is 17.8 Å². The van der Waals surface area contributed by atoms with Gasteiger partial charge in [-0.1, -0.05) is 0 Å². The Balaban J connectivity index is 1.75. The third-order valence-electron chi connectivity index (χ3n) is 4.06. The van der Waals surface area contributed by atoms with Crippen molar-refractivity contribution >= 4 is 17.2 Å². The van der Waals surface area contributed by atoms with Crippen LogP contribution >= 0.6 is 11.3 Å². The van der Waals surface area contributed by atoms with Crippen molar-refractivity contribution in [2.24, 2.45) is 5.92 Å². The van der Waals surface area contributed by atoms with Gasteiger partial charge in [0, 0.05) is 18.2 Å². The topological polar surface area (TPSA) is 70.7 Å². The molecule has 2 heterocycles. The van der Waals surface area contributed by atoms with E-state index in [-0.39, 0.29) is 24.7 Å². The second-order valence-corrected chi connectivity index (χ2v) is 6.33. The van der Waals surface area contributed by atoms with E-state index in [9.17, 15) is 13.6 Å². The monoisotopic (exact) mass is 326 g/mol. The van der Waals surface area contributed by atoms with E-state index in [1.54, 1.807) is 11.4 Å². The maximum atomic E-state index is 13.3. The maximum Gasteiger partial charge on any atom is 0.252 e. The summed E-state index contributed by atoms with van der Waals surface area (Å²) in [7, 11) is 0. The molecule has 2 aromatic heterocycles. The van der Waals surface area contributed by atoms with Crippen LogP contribution in [-0.2, 0) is 0 Å². The van der Waals surface area contributed by atoms with Crippen LogP contribution in [0.25, 0.3) is 0 Å². The lowest BCUT2D eigenvalue weighted by molar-refractivity contribution is -0.0495. The summed E-state index contributed by atoms with van der Waals surface area (Å²) in [5, 5.41) is 16.8. The molecule has 3 rings (SSSR count). The molecule has 0 spiro atoms. The zero-order chi connectivity index (χ0) is 15.6. The predicted molar refractivity (Wildman–Crippen MR) is 77.8 cm³/mol. The van der Waals surface area contributed by atoms with Crippen LogP contribution < -0.4 is 5.32 Å². The molecular weight excluding hydrogens is 310 g/mol. The van der Waals surface area contributed by atoms with E-state index in [4.69, 9.17) is 0 Å². The summed E-state index contributed by atoms with van der Waals surface area (Å²) in [6.45, 7) is 0. The van der Waals surface area contributed by atoms with Crippen molar-refractivity contribution in [1.29, 1.82) is 0 Å². The Hall–Kier alpha value is -1.83. The lowest BCUT2D eigenvalue weighted by Gasteiger charge is -2.33. The highest BCUT2D eigenvalue weighted by Crippen LogP contribution is 2.41. The van der Waals surface area contributed by atoms with Crippen molar-refractivity contribution in [2.75, 3.05) is 0 Å². The fraction of sp³-hybridized carbons (Fsp3) is 0.500. The second kappa shape index (κ2) is 6.12. The van der Waals surface area contributed by atoms with Crippen LogP contribution in [0.5, 0.6) is 0 Å². The molecule has 0 saturated heterocycles. The van der Waals surface area contributed by atoms with Gasteiger partial charge in [0.15, 0.2) is 0 Å². The van der Waals surface area contributed by atoms with E-state index in [1.807, 2.05) is 5.38 Å². The first-order valence-corrected chi connectivity index (χ1v) is 8.06. The lowest BCUT2D eigenvalue weighted by atomic mass is 9.81. The number of thiophene rings is 1. The van der Waals surface area contributed by atoms with Crippen LogP contribution in [0.15, 0.2) is 23.0 Å². The third-order valence-corrected chi connectivity index (χ3v) is 4.74. The van der Waals surface area contributed by atoms with Crippen LogP contribution in [0.3, 0.4) is 0 Å². The molecule has 2 aromatic rings. The Labute approximate surface area is 130 Å². The summed E-state index contributed by atoms with van der Waals surface area (Å²) in [5.74, 6) is -2.87. The van der Waals surface area contributed by atoms with Crippen molar-refractivity contribution in [3.05, 3.63) is 34.3 Å². The van der Waals surface area contributed by atoms with E-state index in [1.165, 1.54) is 17.5 Å². The van der Waals surface area contributed by atoms with E-state index in [0.717, 1.165) is 0 Å². The molecule has 0 aliphatic heterocycles. The second-order valence-electron chi connectivity index (χ2n) is 5.55. The lowest BCUT2D eigenvalue weighted by Crippen LogP contribution is -2.37. The number of aromatic amines is 1. The number of hydrogen-bond acceptors (Lipinski definition) is 4. The summed E-state index contributed by atoms with van der Waals surface area (Å²) in [4.78, 5) is 12.3. The number of alkyl halides is 2. The first-order valence-electron chi connectivity index (χ1n) is 7.12. The largest absolute Gasteiger partial charge is 0.343 e. The molecule has 1 saturated carbocycles. The first-order chi connectivity index (χ1) is 10.6. The Morgan fingerprint density at radius 3 is 2.82 bits per heavy atom. The van der Waals surface area contributed by atoms with E-state index >= 15 is 0 Å². The van der Waals surface area contributed by atoms with Gasteiger partial charge in [-0.15, -0.1) is 0 Å². The van der Waals surface area contributed by atoms with Crippen LogP contribution in [-0.4, -0.2) is 27.2 Å². The Morgan fingerprint density at radius 2 is 2.23 bits per heavy atom. The van der Waals surface area contributed by atoms with Gasteiger partial charge < -0.3 is 5.32 Å². The van der Waals surface area contributed by atoms with Gasteiger partial charge >= 0.3 is 0 Å². The molecule has 8 heteroatoms. The molecule has 0 bridgehead atoms. The number of rotatable bonds is 4. The molecule has 0 radical (unpaired) electrons. The average Bonchev–Trinajstić information content (AvgIpc) is 3.18. The summed E-state index contributed by atoms with van der Waals surface area (Å²) in [6, 6.07) is 1.33. The normalized spacial score (nSPS) is 19.7. The molecule has 1 aliphatic carbocycles. The molecule has 0 aromatic carbocycles. The summed E-state index contributed by atoms with van der Waals surface area (Å²) in [5.41, 5.74) is 1.15. The number of hydrogen-bond donors (Lipinski definition) is 2. The molecule has 1 amide bonds. The summed E-state index contributed by atoms with van der Waals surface area (Å²) in [6.07, 6.45) is 1.94. The summed E-state index contributed by atoms with van der Waals surface area (Å²) >= 11 is 1.43. The van der Waals surface area contributed by atoms with Crippen molar-refractivity contribution in [1.82, 2.24) is 20.7 Å². The van der Waals surface area contributed by atoms with Gasteiger partial charge in [0.1, 0.15) is 5.69 Å². The van der Waals surface area contributed by atoms with Gasteiger partial charge in [-0.25, -0.2) is 8.78 Å². The molecule has 2 N–H and O–H groups in total. The van der Waals surface area contributed by atoms with Gasteiger partial charge in [0.25, 0.3) is 5.91 Å². The zero-order valence-corrected chi connectivity index (χ0v) is 12.6. The molecule has 1 aliphatic rings. The average molecular weight is 326 g/mol. The molecular formula is C14H16F2N4OS. The van der Waals surface area contributed by atoms with Crippen molar-refractivity contribution in [2.45, 2.75) is 37.6 Å². The molecule has 1 unspecified atom stereocenters. The third kappa shape index (κ3) is 3.32. The minimum absolute atomic E-state index is 0.0627. The predicted octanol–water partition coefficient (Wildman–Crippen LogP) is 3.16. The highest BCUT2D eigenvalue weighted by Gasteiger charge is 2.39. The van der Waals surface area contributed by atoms with Crippen LogP contribution in [0.4, 0.5) is 8.78 Å². The van der Waals surface area contributed by atoms with Gasteiger partial charge in [-0.3, -0.25) is 4.79 Å². The molecule has 5 nitrogen and oxygen atoms in total. The minimum atomic E-state index is -2.59. The molecule has 1 fully saturated rings. The van der Waals surface area contributed by atoms with Crippen molar-refractivity contribution in [3.8, 4) is 0 Å². The van der Waals surface area contributed by atoms with E-state index in [2.05, 4.69) is 20.7 Å². The van der Waals surface area contributed by atoms with E-state index in [0.29, 0.717) is 24.1 Å². The molecule has 22 heavy (non-hydrogen) atoms. The Morgan fingerprint density at radius 1 is 1.45 bits per heavy atom. The number of amides is 1. The standard InChI is InChI=1S/C14H16F2N4OS/c15-14(16)4-1-9(2-5-14)12(11-7-17-20-19-11)18-13(21)10-3-6-22-8-10/h3,6-9,12H,1-2,4-5H2,(H,18,21)(H,17,19,20). The zero-order valence-electron chi connectivity index (χ0n) is 11.8. The summed E-state index contributed by atoms with van der Waals surface area (Å²) < 4.78 is 26.7. The highest BCUT2D eigenvalue weighted by atomic mass is 32.1. The van der Waals surface area contributed by atoms with Gasteiger partial charge in [-0.2, -0.15) is 26.7 Å². The highest BCUT2D eigenvalue weighted by molar-refractivity contribution is 7.08. The number of carbonyl (C=O) groups is 1. The number of nitrogens with one attached hydrogen (secondary N) is 2. The van der Waals surface area contributed by atoms with Gasteiger partial charge in [0.2, 0.25) is 5.92 Å². The first kappa shape index (κ1) is 15.1. The van der Waals surface area contributed by atoms with Crippen molar-refractivity contribution in [3.63, 3.8) is 0 Å². The van der Waals surface area contributed by atoms with Crippen LogP contribution in [0.2, 0.25) is 0 Å². The van der Waals surface area contributed by atoms with Gasteiger partial charge in [-0.05, 0) is 30.2 Å².